The van der Waals surface area contributed by atoms with Crippen molar-refractivity contribution in [3.63, 3.8) is 0 Å². The third-order valence-electron chi connectivity index (χ3n) is 3.37. The van der Waals surface area contributed by atoms with E-state index in [2.05, 4.69) is 10.4 Å². The van der Waals surface area contributed by atoms with E-state index in [1.807, 2.05) is 29.1 Å². The second-order valence-corrected chi connectivity index (χ2v) is 7.50. The van der Waals surface area contributed by atoms with Crippen LogP contribution >= 0.6 is 23.2 Å². The maximum atomic E-state index is 12.2. The predicted octanol–water partition coefficient (Wildman–Crippen LogP) is 2.35. The zero-order valence-corrected chi connectivity index (χ0v) is 14.9. The van der Waals surface area contributed by atoms with Crippen LogP contribution in [0.15, 0.2) is 53.7 Å². The number of hydrogen-bond acceptors (Lipinski definition) is 4. The van der Waals surface area contributed by atoms with E-state index in [1.165, 1.54) is 24.5 Å². The van der Waals surface area contributed by atoms with Gasteiger partial charge in [-0.15, -0.1) is 4.83 Å². The van der Waals surface area contributed by atoms with Crippen LogP contribution in [-0.4, -0.2) is 23.9 Å². The van der Waals surface area contributed by atoms with Crippen LogP contribution < -0.4 is 10.3 Å². The first-order valence-corrected chi connectivity index (χ1v) is 9.27. The SMILES string of the molecule is O=C(Cn1cnc2ccccc21)NNS(=O)(=O)c1cccc(Cl)c1Cl. The van der Waals surface area contributed by atoms with Gasteiger partial charge in [0.1, 0.15) is 11.4 Å². The number of hydrogen-bond donors (Lipinski definition) is 2. The van der Waals surface area contributed by atoms with Crippen LogP contribution in [0.25, 0.3) is 11.0 Å². The summed E-state index contributed by atoms with van der Waals surface area (Å²) in [5.74, 6) is -0.565. The van der Waals surface area contributed by atoms with E-state index in [9.17, 15) is 13.2 Å². The van der Waals surface area contributed by atoms with Gasteiger partial charge in [-0.25, -0.2) is 13.4 Å². The Morgan fingerprint density at radius 3 is 2.68 bits per heavy atom. The lowest BCUT2D eigenvalue weighted by molar-refractivity contribution is -0.122. The van der Waals surface area contributed by atoms with Gasteiger partial charge in [0, 0.05) is 0 Å². The van der Waals surface area contributed by atoms with Crippen LogP contribution in [0, 0.1) is 0 Å². The van der Waals surface area contributed by atoms with Crippen molar-refractivity contribution in [1.82, 2.24) is 19.8 Å². The Balaban J connectivity index is 1.70. The van der Waals surface area contributed by atoms with Crippen molar-refractivity contribution in [2.24, 2.45) is 0 Å². The number of imidazole rings is 1. The molecule has 2 aromatic carbocycles. The van der Waals surface area contributed by atoms with Gasteiger partial charge in [0.15, 0.2) is 0 Å². The largest absolute Gasteiger partial charge is 0.321 e. The van der Waals surface area contributed by atoms with Crippen molar-refractivity contribution in [2.75, 3.05) is 0 Å². The van der Waals surface area contributed by atoms with Gasteiger partial charge in [-0.2, -0.15) is 0 Å². The molecule has 0 unspecified atom stereocenters. The Kier molecular flexibility index (Phi) is 4.96. The number of aromatic nitrogens is 2. The van der Waals surface area contributed by atoms with Gasteiger partial charge in [-0.05, 0) is 24.3 Å². The topological polar surface area (TPSA) is 93.1 Å². The van der Waals surface area contributed by atoms with Gasteiger partial charge >= 0.3 is 0 Å². The Labute approximate surface area is 153 Å². The maximum absolute atomic E-state index is 12.2. The molecular formula is C15H12Cl2N4O3S. The highest BCUT2D eigenvalue weighted by atomic mass is 35.5. The maximum Gasteiger partial charge on any atom is 0.258 e. The minimum Gasteiger partial charge on any atom is -0.321 e. The standard InChI is InChI=1S/C15H12Cl2N4O3S/c16-10-4-3-7-13(15(10)17)25(23,24)20-19-14(22)8-21-9-18-11-5-1-2-6-12(11)21/h1-7,9,20H,8H2,(H,19,22). The number of para-hydroxylation sites is 2. The first-order valence-electron chi connectivity index (χ1n) is 7.03. The lowest BCUT2D eigenvalue weighted by Gasteiger charge is -2.11. The molecule has 0 bridgehead atoms. The Morgan fingerprint density at radius 2 is 1.88 bits per heavy atom. The molecule has 10 heteroatoms. The summed E-state index contributed by atoms with van der Waals surface area (Å²) in [6.07, 6.45) is 1.51. The second-order valence-electron chi connectivity index (χ2n) is 5.07. The van der Waals surface area contributed by atoms with Crippen LogP contribution in [0.1, 0.15) is 0 Å². The quantitative estimate of drug-likeness (QED) is 0.645. The van der Waals surface area contributed by atoms with Gasteiger partial charge in [0.2, 0.25) is 0 Å². The number of fused-ring (bicyclic) bond motifs is 1. The van der Waals surface area contributed by atoms with Crippen molar-refractivity contribution in [3.05, 3.63) is 58.8 Å². The molecule has 1 aromatic heterocycles. The van der Waals surface area contributed by atoms with E-state index in [-0.39, 0.29) is 21.5 Å². The third kappa shape index (κ3) is 3.77. The fourth-order valence-electron chi connectivity index (χ4n) is 2.20. The molecule has 1 amide bonds. The molecule has 2 N–H and O–H groups in total. The van der Waals surface area contributed by atoms with Gasteiger partial charge in [0.05, 0.1) is 27.4 Å². The van der Waals surface area contributed by atoms with Crippen molar-refractivity contribution in [1.29, 1.82) is 0 Å². The summed E-state index contributed by atoms with van der Waals surface area (Å²) in [5, 5.41) is -0.0210. The zero-order valence-electron chi connectivity index (χ0n) is 12.6. The molecule has 0 saturated heterocycles. The molecule has 25 heavy (non-hydrogen) atoms. The molecule has 0 spiro atoms. The van der Waals surface area contributed by atoms with Crippen LogP contribution in [-0.2, 0) is 21.4 Å². The lowest BCUT2D eigenvalue weighted by atomic mass is 10.3. The van der Waals surface area contributed by atoms with E-state index in [4.69, 9.17) is 23.2 Å². The number of nitrogens with zero attached hydrogens (tertiary/aromatic N) is 2. The number of nitrogens with one attached hydrogen (secondary N) is 2. The Morgan fingerprint density at radius 1 is 1.12 bits per heavy atom. The Hall–Kier alpha value is -2.13. The molecule has 0 aliphatic rings. The first-order chi connectivity index (χ1) is 11.9. The fourth-order valence-corrected chi connectivity index (χ4v) is 3.82. The van der Waals surface area contributed by atoms with E-state index >= 15 is 0 Å². The molecule has 3 aromatic rings. The number of halogens is 2. The minimum atomic E-state index is -4.05. The normalized spacial score (nSPS) is 11.6. The van der Waals surface area contributed by atoms with Crippen LogP contribution in [0.2, 0.25) is 10.0 Å². The molecule has 7 nitrogen and oxygen atoms in total. The van der Waals surface area contributed by atoms with Crippen molar-refractivity contribution >= 4 is 50.2 Å². The fraction of sp³-hybridized carbons (Fsp3) is 0.0667. The van der Waals surface area contributed by atoms with Crippen molar-refractivity contribution < 1.29 is 13.2 Å². The highest BCUT2D eigenvalue weighted by Crippen LogP contribution is 2.28. The highest BCUT2D eigenvalue weighted by molar-refractivity contribution is 7.89. The molecule has 0 aliphatic carbocycles. The number of rotatable bonds is 5. The molecule has 0 saturated carbocycles. The molecular weight excluding hydrogens is 387 g/mol. The summed E-state index contributed by atoms with van der Waals surface area (Å²) in [4.78, 5) is 18.0. The molecule has 3 rings (SSSR count). The monoisotopic (exact) mass is 398 g/mol. The summed E-state index contributed by atoms with van der Waals surface area (Å²) in [6.45, 7) is -0.105. The first kappa shape index (κ1) is 17.7. The van der Waals surface area contributed by atoms with E-state index in [1.54, 1.807) is 4.57 Å². The number of carbonyl (C=O) groups excluding carboxylic acids is 1. The van der Waals surface area contributed by atoms with Gasteiger partial charge < -0.3 is 4.57 Å². The summed E-state index contributed by atoms with van der Waals surface area (Å²) >= 11 is 11.7. The van der Waals surface area contributed by atoms with Crippen LogP contribution in [0.4, 0.5) is 0 Å². The van der Waals surface area contributed by atoms with Crippen molar-refractivity contribution in [2.45, 2.75) is 11.4 Å². The van der Waals surface area contributed by atoms with Gasteiger partial charge in [0.25, 0.3) is 15.9 Å². The minimum absolute atomic E-state index is 0.0979. The summed E-state index contributed by atoms with van der Waals surface area (Å²) < 4.78 is 26.1. The lowest BCUT2D eigenvalue weighted by Crippen LogP contribution is -2.43. The molecule has 0 fully saturated rings. The summed E-state index contributed by atoms with van der Waals surface area (Å²) in [7, 11) is -4.05. The smallest absolute Gasteiger partial charge is 0.258 e. The third-order valence-corrected chi connectivity index (χ3v) is 5.59. The average molecular weight is 399 g/mol. The van der Waals surface area contributed by atoms with Gasteiger partial charge in [-0.3, -0.25) is 10.2 Å². The van der Waals surface area contributed by atoms with E-state index < -0.39 is 15.9 Å². The van der Waals surface area contributed by atoms with Crippen LogP contribution in [0.3, 0.4) is 0 Å². The molecule has 0 radical (unpaired) electrons. The Bertz CT molecular complexity index is 1050. The summed E-state index contributed by atoms with van der Waals surface area (Å²) in [5.41, 5.74) is 3.64. The zero-order chi connectivity index (χ0) is 18.0. The number of amides is 1. The highest BCUT2D eigenvalue weighted by Gasteiger charge is 2.20. The van der Waals surface area contributed by atoms with E-state index in [0.29, 0.717) is 0 Å². The second kappa shape index (κ2) is 7.01. The van der Waals surface area contributed by atoms with Crippen LogP contribution in [0.5, 0.6) is 0 Å². The number of carbonyl (C=O) groups is 1. The molecule has 1 heterocycles. The summed E-state index contributed by atoms with van der Waals surface area (Å²) in [6, 6.07) is 11.5. The molecule has 130 valence electrons. The molecule has 0 aliphatic heterocycles. The van der Waals surface area contributed by atoms with E-state index in [0.717, 1.165) is 11.0 Å². The number of benzene rings is 2. The number of sulfonamides is 1. The van der Waals surface area contributed by atoms with Gasteiger partial charge in [-0.1, -0.05) is 41.4 Å². The average Bonchev–Trinajstić information content (AvgIpc) is 2.99. The van der Waals surface area contributed by atoms with Crippen molar-refractivity contribution in [3.8, 4) is 0 Å². The number of hydrazine groups is 1. The molecule has 0 atom stereocenters. The predicted molar refractivity (Wildman–Crippen MR) is 94.7 cm³/mol.